The van der Waals surface area contributed by atoms with Crippen LogP contribution in [0.15, 0.2) is 36.4 Å². The van der Waals surface area contributed by atoms with Gasteiger partial charge >= 0.3 is 0 Å². The number of nitrogens with one attached hydrogen (secondary N) is 1. The lowest BCUT2D eigenvalue weighted by Gasteiger charge is -2.44. The number of pyridine rings is 1. The van der Waals surface area contributed by atoms with Crippen LogP contribution in [0.1, 0.15) is 62.9 Å². The van der Waals surface area contributed by atoms with Crippen molar-refractivity contribution < 1.29 is 14.3 Å². The highest BCUT2D eigenvalue weighted by Crippen LogP contribution is 2.36. The van der Waals surface area contributed by atoms with Gasteiger partial charge in [0.2, 0.25) is 5.91 Å². The lowest BCUT2D eigenvalue weighted by atomic mass is 9.91. The minimum Gasteiger partial charge on any atom is -0.491 e. The number of likely N-dealkylation sites (tertiary alicyclic amines) is 2. The quantitative estimate of drug-likeness (QED) is 0.550. The summed E-state index contributed by atoms with van der Waals surface area (Å²) >= 11 is 0. The second-order valence-electron chi connectivity index (χ2n) is 11.2. The maximum atomic E-state index is 13.3. The number of fused-ring (bicyclic) bond motifs is 1. The Morgan fingerprint density at radius 1 is 1.14 bits per heavy atom. The van der Waals surface area contributed by atoms with E-state index in [2.05, 4.69) is 22.3 Å². The van der Waals surface area contributed by atoms with Crippen LogP contribution in [0, 0.1) is 11.8 Å². The van der Waals surface area contributed by atoms with Gasteiger partial charge in [0.05, 0.1) is 18.1 Å². The molecule has 0 bridgehead atoms. The van der Waals surface area contributed by atoms with Crippen LogP contribution in [0.3, 0.4) is 0 Å². The van der Waals surface area contributed by atoms with E-state index in [0.717, 1.165) is 68.1 Å². The monoisotopic (exact) mass is 504 g/mol. The molecule has 1 aromatic carbocycles. The molecule has 0 radical (unpaired) electrons. The topological polar surface area (TPSA) is 74.8 Å². The Kier molecular flexibility index (Phi) is 7.79. The highest BCUT2D eigenvalue weighted by molar-refractivity contribution is 5.85. The van der Waals surface area contributed by atoms with E-state index >= 15 is 0 Å². The molecule has 0 saturated carbocycles. The van der Waals surface area contributed by atoms with Gasteiger partial charge in [0.1, 0.15) is 11.6 Å². The first-order valence-electron chi connectivity index (χ1n) is 13.9. The number of nitrogens with zero attached hydrogens (tertiary/aromatic N) is 3. The fraction of sp³-hybridized carbons (Fsp3) is 0.567. The first-order valence-corrected chi connectivity index (χ1v) is 13.9. The number of para-hydroxylation sites is 1. The zero-order chi connectivity index (χ0) is 25.9. The van der Waals surface area contributed by atoms with Crippen molar-refractivity contribution in [3.8, 4) is 5.75 Å². The number of amides is 1. The van der Waals surface area contributed by atoms with Crippen LogP contribution in [-0.2, 0) is 22.4 Å². The largest absolute Gasteiger partial charge is 0.491 e. The predicted molar refractivity (Wildman–Crippen MR) is 145 cm³/mol. The number of carbonyl (C=O) groups excluding carboxylic acids is 2. The number of Topliss-reactive ketones (excluding diaryl/α,β-unsaturated/α-hetero) is 1. The average Bonchev–Trinajstić information content (AvgIpc) is 3.33. The molecule has 3 aliphatic rings. The van der Waals surface area contributed by atoms with E-state index in [0.29, 0.717) is 19.0 Å². The number of carbonyl (C=O) groups is 2. The lowest BCUT2D eigenvalue weighted by molar-refractivity contribution is -0.144. The minimum absolute atomic E-state index is 0.0299. The summed E-state index contributed by atoms with van der Waals surface area (Å²) in [5, 5.41) is 3.42. The van der Waals surface area contributed by atoms with Crippen LogP contribution in [-0.4, -0.2) is 65.3 Å². The fourth-order valence-corrected chi connectivity index (χ4v) is 6.01. The summed E-state index contributed by atoms with van der Waals surface area (Å²) in [4.78, 5) is 34.9. The predicted octanol–water partition coefficient (Wildman–Crippen LogP) is 4.27. The van der Waals surface area contributed by atoms with Crippen molar-refractivity contribution in [3.05, 3.63) is 53.2 Å². The second kappa shape index (κ2) is 11.2. The Bertz CT molecular complexity index is 1130. The summed E-state index contributed by atoms with van der Waals surface area (Å²) in [6, 6.07) is 11.8. The van der Waals surface area contributed by atoms with Crippen molar-refractivity contribution in [1.82, 2.24) is 14.8 Å². The zero-order valence-electron chi connectivity index (χ0n) is 22.4. The van der Waals surface area contributed by atoms with Crippen molar-refractivity contribution in [1.29, 1.82) is 0 Å². The summed E-state index contributed by atoms with van der Waals surface area (Å²) in [6.07, 6.45) is 5.39. The number of ketones is 1. The van der Waals surface area contributed by atoms with E-state index in [1.165, 1.54) is 12.0 Å². The Balaban J connectivity index is 1.13. The molecule has 198 valence electrons. The molecule has 3 aliphatic heterocycles. The molecule has 0 aliphatic carbocycles. The molecule has 1 amide bonds. The van der Waals surface area contributed by atoms with Crippen LogP contribution < -0.4 is 10.1 Å². The molecule has 7 nitrogen and oxygen atoms in total. The number of benzene rings is 1. The van der Waals surface area contributed by atoms with E-state index in [-0.39, 0.29) is 29.8 Å². The SMILES string of the molecule is CC(=O)C(c1ccccc1OC(C)C)N1CC(C(=O)N2CC[C@@H](CCc3ccc4c(n3)NCCC4)C2)C1. The summed E-state index contributed by atoms with van der Waals surface area (Å²) < 4.78 is 5.98. The van der Waals surface area contributed by atoms with Crippen LogP contribution in [0.4, 0.5) is 5.82 Å². The summed E-state index contributed by atoms with van der Waals surface area (Å²) in [7, 11) is 0. The molecule has 2 atom stereocenters. The van der Waals surface area contributed by atoms with Gasteiger partial charge in [-0.15, -0.1) is 0 Å². The molecule has 1 N–H and O–H groups in total. The Morgan fingerprint density at radius 3 is 2.73 bits per heavy atom. The van der Waals surface area contributed by atoms with Gasteiger partial charge in [0.15, 0.2) is 5.78 Å². The average molecular weight is 505 g/mol. The van der Waals surface area contributed by atoms with Gasteiger partial charge < -0.3 is 15.0 Å². The van der Waals surface area contributed by atoms with E-state index in [1.807, 2.05) is 43.0 Å². The molecule has 7 heteroatoms. The van der Waals surface area contributed by atoms with E-state index in [4.69, 9.17) is 9.72 Å². The molecule has 2 aromatic rings. The number of hydrogen-bond donors (Lipinski definition) is 1. The van der Waals surface area contributed by atoms with Crippen molar-refractivity contribution in [3.63, 3.8) is 0 Å². The third-order valence-electron chi connectivity index (χ3n) is 7.94. The normalized spacial score (nSPS) is 20.8. The summed E-state index contributed by atoms with van der Waals surface area (Å²) in [5.74, 6) is 2.62. The van der Waals surface area contributed by atoms with Gasteiger partial charge in [-0.3, -0.25) is 14.5 Å². The van der Waals surface area contributed by atoms with E-state index in [9.17, 15) is 9.59 Å². The molecule has 37 heavy (non-hydrogen) atoms. The maximum Gasteiger partial charge on any atom is 0.228 e. The first-order chi connectivity index (χ1) is 17.9. The molecular weight excluding hydrogens is 464 g/mol. The Hall–Kier alpha value is -2.93. The first kappa shape index (κ1) is 25.7. The van der Waals surface area contributed by atoms with Gasteiger partial charge in [-0.2, -0.15) is 0 Å². The number of aryl methyl sites for hydroxylation is 2. The molecule has 4 heterocycles. The maximum absolute atomic E-state index is 13.3. The Morgan fingerprint density at radius 2 is 1.95 bits per heavy atom. The van der Waals surface area contributed by atoms with Crippen LogP contribution in [0.25, 0.3) is 0 Å². The third-order valence-corrected chi connectivity index (χ3v) is 7.94. The van der Waals surface area contributed by atoms with Crippen LogP contribution >= 0.6 is 0 Å². The zero-order valence-corrected chi connectivity index (χ0v) is 22.4. The van der Waals surface area contributed by atoms with Gasteiger partial charge in [0, 0.05) is 44.0 Å². The lowest BCUT2D eigenvalue weighted by Crippen LogP contribution is -2.56. The van der Waals surface area contributed by atoms with Crippen LogP contribution in [0.2, 0.25) is 0 Å². The van der Waals surface area contributed by atoms with Crippen molar-refractivity contribution in [2.45, 2.75) is 65.0 Å². The Labute approximate surface area is 220 Å². The molecular formula is C30H40N4O3. The summed E-state index contributed by atoms with van der Waals surface area (Å²) in [5.41, 5.74) is 3.36. The fourth-order valence-electron chi connectivity index (χ4n) is 6.01. The minimum atomic E-state index is -0.371. The number of anilines is 1. The number of rotatable bonds is 9. The van der Waals surface area contributed by atoms with Gasteiger partial charge in [-0.1, -0.05) is 24.3 Å². The summed E-state index contributed by atoms with van der Waals surface area (Å²) in [6.45, 7) is 9.51. The van der Waals surface area contributed by atoms with E-state index < -0.39 is 0 Å². The van der Waals surface area contributed by atoms with Crippen molar-refractivity contribution >= 4 is 17.5 Å². The number of ether oxygens (including phenoxy) is 1. The molecule has 1 aromatic heterocycles. The van der Waals surface area contributed by atoms with E-state index in [1.54, 1.807) is 6.92 Å². The van der Waals surface area contributed by atoms with Crippen LogP contribution in [0.5, 0.6) is 5.75 Å². The van der Waals surface area contributed by atoms with Gasteiger partial charge in [-0.25, -0.2) is 4.98 Å². The number of aromatic nitrogens is 1. The second-order valence-corrected chi connectivity index (χ2v) is 11.2. The van der Waals surface area contributed by atoms with Gasteiger partial charge in [-0.05, 0) is 76.5 Å². The highest BCUT2D eigenvalue weighted by Gasteiger charge is 2.42. The highest BCUT2D eigenvalue weighted by atomic mass is 16.5. The third kappa shape index (κ3) is 5.82. The number of hydrogen-bond acceptors (Lipinski definition) is 6. The smallest absolute Gasteiger partial charge is 0.228 e. The molecule has 2 saturated heterocycles. The molecule has 1 unspecified atom stereocenters. The molecule has 2 fully saturated rings. The standard InChI is InChI=1S/C30H40N4O3/c1-20(2)37-27-9-5-4-8-26(27)28(21(3)35)34-18-24(19-34)30(36)33-16-14-22(17-33)10-12-25-13-11-23-7-6-15-31-29(23)32-25/h4-5,8-9,11,13,20,22,24,28H,6-7,10,12,14-19H2,1-3H3,(H,31,32)/t22-,28?/m1/s1. The van der Waals surface area contributed by atoms with Crippen molar-refractivity contribution in [2.75, 3.05) is 38.0 Å². The molecule has 5 rings (SSSR count). The van der Waals surface area contributed by atoms with Gasteiger partial charge in [0.25, 0.3) is 0 Å². The van der Waals surface area contributed by atoms with Crippen molar-refractivity contribution in [2.24, 2.45) is 11.8 Å². The molecule has 0 spiro atoms.